The second-order valence-corrected chi connectivity index (χ2v) is 4.53. The van der Waals surface area contributed by atoms with Crippen LogP contribution in [0.2, 0.25) is 0 Å². The van der Waals surface area contributed by atoms with Crippen LogP contribution in [0.15, 0.2) is 4.99 Å². The van der Waals surface area contributed by atoms with Gasteiger partial charge in [-0.3, -0.25) is 4.79 Å². The van der Waals surface area contributed by atoms with E-state index in [0.717, 1.165) is 18.3 Å². The molecule has 4 nitrogen and oxygen atoms in total. The molecule has 2 atom stereocenters. The Morgan fingerprint density at radius 2 is 2.36 bits per heavy atom. The van der Waals surface area contributed by atoms with Crippen LogP contribution in [0.4, 0.5) is 0 Å². The largest absolute Gasteiger partial charge is 0.375 e. The molecule has 1 fully saturated rings. The van der Waals surface area contributed by atoms with Gasteiger partial charge < -0.3 is 9.64 Å². The maximum Gasteiger partial charge on any atom is 0.258 e. The minimum Gasteiger partial charge on any atom is -0.375 e. The van der Waals surface area contributed by atoms with E-state index < -0.39 is 0 Å². The average Bonchev–Trinajstić information content (AvgIpc) is 2.57. The number of aliphatic imine (C=N–C) groups is 1. The van der Waals surface area contributed by atoms with E-state index in [1.165, 1.54) is 11.8 Å². The first kappa shape index (κ1) is 9.98. The van der Waals surface area contributed by atoms with Crippen LogP contribution >= 0.6 is 11.8 Å². The number of carbonyl (C=O) groups is 1. The number of nitrogens with zero attached hydrogens (tertiary/aromatic N) is 2. The molecule has 0 bridgehead atoms. The fourth-order valence-corrected chi connectivity index (χ4v) is 2.55. The highest BCUT2D eigenvalue weighted by Crippen LogP contribution is 2.22. The zero-order valence-corrected chi connectivity index (χ0v) is 9.21. The Morgan fingerprint density at radius 3 is 3.00 bits per heavy atom. The number of carbonyl (C=O) groups excluding carboxylic acids is 1. The molecule has 0 aromatic carbocycles. The van der Waals surface area contributed by atoms with Crippen LogP contribution in [0.3, 0.4) is 0 Å². The first-order valence-electron chi connectivity index (χ1n) is 4.81. The van der Waals surface area contributed by atoms with Gasteiger partial charge in [-0.05, 0) is 13.8 Å². The molecule has 5 heteroatoms. The third-order valence-electron chi connectivity index (χ3n) is 2.67. The molecule has 14 heavy (non-hydrogen) atoms. The highest BCUT2D eigenvalue weighted by atomic mass is 32.2. The average molecular weight is 214 g/mol. The second kappa shape index (κ2) is 3.90. The van der Waals surface area contributed by atoms with Crippen molar-refractivity contribution in [1.29, 1.82) is 0 Å². The number of ether oxygens (including phenoxy) is 1. The van der Waals surface area contributed by atoms with E-state index in [1.807, 2.05) is 0 Å². The summed E-state index contributed by atoms with van der Waals surface area (Å²) in [4.78, 5) is 17.2. The van der Waals surface area contributed by atoms with Crippen molar-refractivity contribution in [2.45, 2.75) is 26.0 Å². The Morgan fingerprint density at radius 1 is 1.57 bits per heavy atom. The van der Waals surface area contributed by atoms with Gasteiger partial charge in [0.1, 0.15) is 0 Å². The lowest BCUT2D eigenvalue weighted by Gasteiger charge is -2.38. The molecule has 0 aliphatic carbocycles. The quantitative estimate of drug-likeness (QED) is 0.596. The maximum absolute atomic E-state index is 11.0. The zero-order chi connectivity index (χ0) is 10.1. The molecule has 1 amide bonds. The van der Waals surface area contributed by atoms with Crippen molar-refractivity contribution < 1.29 is 9.53 Å². The summed E-state index contributed by atoms with van der Waals surface area (Å²) < 4.78 is 5.52. The number of rotatable bonds is 0. The van der Waals surface area contributed by atoms with Gasteiger partial charge in [-0.2, -0.15) is 4.99 Å². The van der Waals surface area contributed by atoms with Gasteiger partial charge in [-0.25, -0.2) is 0 Å². The Kier molecular flexibility index (Phi) is 2.78. The highest BCUT2D eigenvalue weighted by Gasteiger charge is 2.30. The predicted octanol–water partition coefficient (Wildman–Crippen LogP) is 0.725. The summed E-state index contributed by atoms with van der Waals surface area (Å²) in [5.74, 6) is 0.477. The van der Waals surface area contributed by atoms with E-state index in [0.29, 0.717) is 11.8 Å². The minimum absolute atomic E-state index is 0.0173. The van der Waals surface area contributed by atoms with Gasteiger partial charge in [0.05, 0.1) is 24.5 Å². The fraction of sp³-hybridized carbons (Fsp3) is 0.778. The van der Waals surface area contributed by atoms with Crippen molar-refractivity contribution in [2.24, 2.45) is 4.99 Å². The lowest BCUT2D eigenvalue weighted by atomic mass is 10.1. The highest BCUT2D eigenvalue weighted by molar-refractivity contribution is 8.14. The van der Waals surface area contributed by atoms with E-state index in [4.69, 9.17) is 4.74 Å². The summed E-state index contributed by atoms with van der Waals surface area (Å²) in [5.41, 5.74) is 0. The molecule has 0 radical (unpaired) electrons. The van der Waals surface area contributed by atoms with E-state index in [-0.39, 0.29) is 12.0 Å². The number of morpholine rings is 1. The van der Waals surface area contributed by atoms with Gasteiger partial charge in [0.25, 0.3) is 5.91 Å². The molecular formula is C9H14N2O2S. The third kappa shape index (κ3) is 1.79. The molecule has 2 rings (SSSR count). The van der Waals surface area contributed by atoms with Crippen molar-refractivity contribution in [3.8, 4) is 0 Å². The molecule has 0 aromatic rings. The molecule has 0 spiro atoms. The van der Waals surface area contributed by atoms with Crippen LogP contribution in [0.1, 0.15) is 13.8 Å². The number of amides is 1. The van der Waals surface area contributed by atoms with Gasteiger partial charge in [-0.1, -0.05) is 11.8 Å². The molecule has 2 heterocycles. The van der Waals surface area contributed by atoms with Gasteiger partial charge in [0, 0.05) is 6.54 Å². The van der Waals surface area contributed by atoms with Gasteiger partial charge in [0.2, 0.25) is 0 Å². The first-order chi connectivity index (χ1) is 6.68. The molecule has 2 aliphatic heterocycles. The van der Waals surface area contributed by atoms with Gasteiger partial charge >= 0.3 is 0 Å². The number of thioether (sulfide) groups is 1. The van der Waals surface area contributed by atoms with Crippen LogP contribution < -0.4 is 0 Å². The fourth-order valence-electron chi connectivity index (χ4n) is 1.65. The summed E-state index contributed by atoms with van der Waals surface area (Å²) in [6.45, 7) is 5.72. The van der Waals surface area contributed by atoms with Crippen molar-refractivity contribution in [2.75, 3.05) is 18.9 Å². The Bertz CT molecular complexity index is 280. The number of hydrogen-bond donors (Lipinski definition) is 0. The summed E-state index contributed by atoms with van der Waals surface area (Å²) in [7, 11) is 0. The molecule has 2 aliphatic rings. The van der Waals surface area contributed by atoms with Crippen LogP contribution in [0, 0.1) is 0 Å². The van der Waals surface area contributed by atoms with Crippen molar-refractivity contribution in [3.63, 3.8) is 0 Å². The topological polar surface area (TPSA) is 41.9 Å². The van der Waals surface area contributed by atoms with Crippen molar-refractivity contribution in [3.05, 3.63) is 0 Å². The molecule has 1 saturated heterocycles. The molecule has 0 aromatic heterocycles. The Hall–Kier alpha value is -0.550. The maximum atomic E-state index is 11.0. The van der Waals surface area contributed by atoms with E-state index in [9.17, 15) is 4.79 Å². The van der Waals surface area contributed by atoms with Crippen molar-refractivity contribution >= 4 is 22.8 Å². The molecule has 0 N–H and O–H groups in total. The summed E-state index contributed by atoms with van der Waals surface area (Å²) in [5, 5.41) is 0.873. The predicted molar refractivity (Wildman–Crippen MR) is 56.5 cm³/mol. The van der Waals surface area contributed by atoms with E-state index in [1.54, 1.807) is 0 Å². The molecule has 0 saturated carbocycles. The third-order valence-corrected chi connectivity index (χ3v) is 3.65. The number of hydrogen-bond acceptors (Lipinski definition) is 4. The Labute approximate surface area is 87.7 Å². The van der Waals surface area contributed by atoms with Crippen LogP contribution in [-0.4, -0.2) is 47.0 Å². The standard InChI is InChI=1S/C9H14N2O2S/c1-6-7(2)13-4-3-11(6)9-10-8(12)5-14-9/h6-7H,3-5H2,1-2H3. The number of amidine groups is 1. The van der Waals surface area contributed by atoms with Gasteiger partial charge in [-0.15, -0.1) is 0 Å². The second-order valence-electron chi connectivity index (χ2n) is 3.59. The lowest BCUT2D eigenvalue weighted by molar-refractivity contribution is -0.115. The summed E-state index contributed by atoms with van der Waals surface area (Å²) in [6, 6.07) is 0.306. The normalized spacial score (nSPS) is 33.4. The smallest absolute Gasteiger partial charge is 0.258 e. The first-order valence-corrected chi connectivity index (χ1v) is 5.79. The van der Waals surface area contributed by atoms with Crippen LogP contribution in [-0.2, 0) is 9.53 Å². The van der Waals surface area contributed by atoms with Crippen molar-refractivity contribution in [1.82, 2.24) is 4.90 Å². The molecular weight excluding hydrogens is 200 g/mol. The zero-order valence-electron chi connectivity index (χ0n) is 8.40. The summed E-state index contributed by atoms with van der Waals surface area (Å²) >= 11 is 1.53. The monoisotopic (exact) mass is 214 g/mol. The summed E-state index contributed by atoms with van der Waals surface area (Å²) in [6.07, 6.45) is 0.211. The SMILES string of the molecule is CC1OCCN(C2=NC(=O)CS2)C1C. The van der Waals surface area contributed by atoms with E-state index in [2.05, 4.69) is 23.7 Å². The lowest BCUT2D eigenvalue weighted by Crippen LogP contribution is -2.50. The van der Waals surface area contributed by atoms with Crippen LogP contribution in [0.5, 0.6) is 0 Å². The van der Waals surface area contributed by atoms with Crippen LogP contribution in [0.25, 0.3) is 0 Å². The molecule has 2 unspecified atom stereocenters. The van der Waals surface area contributed by atoms with E-state index >= 15 is 0 Å². The molecule has 78 valence electrons. The van der Waals surface area contributed by atoms with Gasteiger partial charge in [0.15, 0.2) is 5.17 Å². The Balaban J connectivity index is 2.09. The minimum atomic E-state index is -0.0173.